The van der Waals surface area contributed by atoms with Crippen LogP contribution in [0.5, 0.6) is 5.75 Å². The Morgan fingerprint density at radius 1 is 1.57 bits per heavy atom. The van der Waals surface area contributed by atoms with E-state index in [0.29, 0.717) is 28.8 Å². The van der Waals surface area contributed by atoms with Gasteiger partial charge in [0.15, 0.2) is 10.6 Å². The summed E-state index contributed by atoms with van der Waals surface area (Å²) in [4.78, 5) is 10.7. The molecule has 1 aliphatic carbocycles. The highest BCUT2D eigenvalue weighted by Gasteiger charge is 2.30. The number of hydrogen-bond acceptors (Lipinski definition) is 5. The van der Waals surface area contributed by atoms with Gasteiger partial charge in [-0.3, -0.25) is 19.8 Å². The second-order valence-corrected chi connectivity index (χ2v) is 5.18. The summed E-state index contributed by atoms with van der Waals surface area (Å²) in [6, 6.07) is 5.14. The van der Waals surface area contributed by atoms with Crippen LogP contribution in [0.1, 0.15) is 25.8 Å². The van der Waals surface area contributed by atoms with Crippen LogP contribution in [0.15, 0.2) is 18.2 Å². The number of benzene rings is 1. The highest BCUT2D eigenvalue weighted by molar-refractivity contribution is 7.71. The van der Waals surface area contributed by atoms with Crippen molar-refractivity contribution in [3.8, 4) is 17.1 Å². The molecule has 0 atom stereocenters. The smallest absolute Gasteiger partial charge is 0.311 e. The van der Waals surface area contributed by atoms with Gasteiger partial charge >= 0.3 is 5.69 Å². The number of aromatic amines is 1. The molecule has 1 aliphatic rings. The first-order valence-electron chi connectivity index (χ1n) is 6.71. The summed E-state index contributed by atoms with van der Waals surface area (Å²) in [6.07, 6.45) is 2.08. The third kappa shape index (κ3) is 2.42. The second-order valence-electron chi connectivity index (χ2n) is 4.80. The average molecular weight is 306 g/mol. The Morgan fingerprint density at radius 2 is 2.33 bits per heavy atom. The van der Waals surface area contributed by atoms with Crippen LogP contribution in [0.4, 0.5) is 5.69 Å². The maximum atomic E-state index is 11.2. The van der Waals surface area contributed by atoms with Crippen molar-refractivity contribution >= 4 is 17.9 Å². The number of aromatic nitrogens is 3. The van der Waals surface area contributed by atoms with Gasteiger partial charge in [0.05, 0.1) is 17.1 Å². The molecule has 0 saturated heterocycles. The highest BCUT2D eigenvalue weighted by atomic mass is 32.1. The van der Waals surface area contributed by atoms with Crippen molar-refractivity contribution in [2.75, 3.05) is 6.61 Å². The molecule has 0 unspecified atom stereocenters. The molecule has 21 heavy (non-hydrogen) atoms. The van der Waals surface area contributed by atoms with E-state index in [2.05, 4.69) is 10.2 Å². The largest absolute Gasteiger partial charge is 0.487 e. The maximum Gasteiger partial charge on any atom is 0.311 e. The van der Waals surface area contributed by atoms with Gasteiger partial charge in [-0.1, -0.05) is 6.07 Å². The van der Waals surface area contributed by atoms with Gasteiger partial charge in [0.2, 0.25) is 5.75 Å². The summed E-state index contributed by atoms with van der Waals surface area (Å²) in [7, 11) is 0. The zero-order valence-electron chi connectivity index (χ0n) is 11.4. The lowest BCUT2D eigenvalue weighted by molar-refractivity contribution is -0.385. The number of hydrogen-bond donors (Lipinski definition) is 1. The summed E-state index contributed by atoms with van der Waals surface area (Å²) < 4.78 is 7.95. The third-order valence-electron chi connectivity index (χ3n) is 3.34. The van der Waals surface area contributed by atoms with Crippen molar-refractivity contribution in [1.29, 1.82) is 0 Å². The van der Waals surface area contributed by atoms with E-state index in [-0.39, 0.29) is 11.4 Å². The van der Waals surface area contributed by atoms with Crippen molar-refractivity contribution < 1.29 is 9.66 Å². The number of nitrogens with one attached hydrogen (secondary N) is 1. The number of H-pyrrole nitrogens is 1. The molecule has 1 saturated carbocycles. The molecule has 1 N–H and O–H groups in total. The molecular weight excluding hydrogens is 292 g/mol. The predicted molar refractivity (Wildman–Crippen MR) is 78.9 cm³/mol. The molecule has 0 radical (unpaired) electrons. The first-order valence-corrected chi connectivity index (χ1v) is 7.11. The quantitative estimate of drug-likeness (QED) is 0.520. The first kappa shape index (κ1) is 13.7. The average Bonchev–Trinajstić information content (AvgIpc) is 3.22. The van der Waals surface area contributed by atoms with Crippen LogP contribution in [-0.4, -0.2) is 26.3 Å². The lowest BCUT2D eigenvalue weighted by Gasteiger charge is -2.11. The van der Waals surface area contributed by atoms with Gasteiger partial charge in [-0.05, 0) is 38.0 Å². The van der Waals surface area contributed by atoms with Gasteiger partial charge in [0.25, 0.3) is 0 Å². The molecule has 0 spiro atoms. The normalized spacial score (nSPS) is 14.1. The van der Waals surface area contributed by atoms with Crippen molar-refractivity contribution in [1.82, 2.24) is 14.8 Å². The van der Waals surface area contributed by atoms with Crippen molar-refractivity contribution in [2.24, 2.45) is 0 Å². The van der Waals surface area contributed by atoms with Gasteiger partial charge in [-0.2, -0.15) is 5.10 Å². The van der Waals surface area contributed by atoms with Crippen LogP contribution < -0.4 is 4.74 Å². The Bertz CT molecular complexity index is 748. The van der Waals surface area contributed by atoms with Crippen molar-refractivity contribution in [2.45, 2.75) is 25.8 Å². The molecule has 1 heterocycles. The monoisotopic (exact) mass is 306 g/mol. The summed E-state index contributed by atoms with van der Waals surface area (Å²) in [5, 5.41) is 18.2. The molecule has 8 heteroatoms. The number of rotatable bonds is 5. The van der Waals surface area contributed by atoms with Gasteiger partial charge in [0, 0.05) is 12.1 Å². The molecule has 2 aromatic rings. The molecule has 3 rings (SSSR count). The van der Waals surface area contributed by atoms with Crippen LogP contribution in [-0.2, 0) is 0 Å². The minimum Gasteiger partial charge on any atom is -0.487 e. The van der Waals surface area contributed by atoms with Crippen LogP contribution >= 0.6 is 12.2 Å². The summed E-state index contributed by atoms with van der Waals surface area (Å²) in [5.41, 5.74) is 0.524. The van der Waals surface area contributed by atoms with Crippen LogP contribution in [0.2, 0.25) is 0 Å². The number of nitro benzene ring substituents is 1. The minimum absolute atomic E-state index is 0.0642. The fourth-order valence-electron chi connectivity index (χ4n) is 2.31. The standard InChI is InChI=1S/C13H14N4O3S/c1-2-20-11-9(4-3-5-10(11)17(18)19)12-14-15-13(21)16(12)8-6-7-8/h3-5,8H,2,6-7H2,1H3,(H,15,21). The van der Waals surface area contributed by atoms with E-state index < -0.39 is 4.92 Å². The van der Waals surface area contributed by atoms with Crippen LogP contribution in [0.25, 0.3) is 11.4 Å². The number of ether oxygens (including phenoxy) is 1. The Hall–Kier alpha value is -2.22. The van der Waals surface area contributed by atoms with E-state index >= 15 is 0 Å². The van der Waals surface area contributed by atoms with E-state index in [1.54, 1.807) is 19.1 Å². The Morgan fingerprint density at radius 3 is 2.95 bits per heavy atom. The van der Waals surface area contributed by atoms with Crippen LogP contribution in [0, 0.1) is 14.9 Å². The Balaban J connectivity index is 2.20. The molecule has 0 bridgehead atoms. The second kappa shape index (κ2) is 5.28. The lowest BCUT2D eigenvalue weighted by Crippen LogP contribution is -2.03. The van der Waals surface area contributed by atoms with E-state index in [1.165, 1.54) is 6.07 Å². The van der Waals surface area contributed by atoms with Crippen molar-refractivity contribution in [3.63, 3.8) is 0 Å². The third-order valence-corrected chi connectivity index (χ3v) is 3.62. The van der Waals surface area contributed by atoms with Gasteiger partial charge in [-0.25, -0.2) is 0 Å². The molecule has 1 fully saturated rings. The molecule has 0 aliphatic heterocycles. The van der Waals surface area contributed by atoms with E-state index in [4.69, 9.17) is 17.0 Å². The predicted octanol–water partition coefficient (Wildman–Crippen LogP) is 3.25. The zero-order valence-corrected chi connectivity index (χ0v) is 12.2. The number of para-hydroxylation sites is 1. The molecule has 1 aromatic heterocycles. The summed E-state index contributed by atoms with van der Waals surface area (Å²) in [6.45, 7) is 2.13. The summed E-state index contributed by atoms with van der Waals surface area (Å²) >= 11 is 5.25. The van der Waals surface area contributed by atoms with Gasteiger partial charge < -0.3 is 4.74 Å². The maximum absolute atomic E-state index is 11.2. The fraction of sp³-hybridized carbons (Fsp3) is 0.385. The topological polar surface area (TPSA) is 86.0 Å². The summed E-state index contributed by atoms with van der Waals surface area (Å²) in [5.74, 6) is 0.829. The molecule has 110 valence electrons. The van der Waals surface area contributed by atoms with E-state index in [0.717, 1.165) is 12.8 Å². The van der Waals surface area contributed by atoms with Gasteiger partial charge in [0.1, 0.15) is 0 Å². The van der Waals surface area contributed by atoms with Crippen LogP contribution in [0.3, 0.4) is 0 Å². The van der Waals surface area contributed by atoms with Gasteiger partial charge in [-0.15, -0.1) is 0 Å². The fourth-order valence-corrected chi connectivity index (χ4v) is 2.59. The first-order chi connectivity index (χ1) is 10.1. The van der Waals surface area contributed by atoms with E-state index in [1.807, 2.05) is 4.57 Å². The molecule has 0 amide bonds. The SMILES string of the molecule is CCOc1c(-c2n[nH]c(=S)n2C2CC2)cccc1[N+](=O)[O-]. The Kier molecular flexibility index (Phi) is 3.46. The lowest BCUT2D eigenvalue weighted by atomic mass is 10.1. The number of nitrogens with zero attached hydrogens (tertiary/aromatic N) is 3. The molecule has 1 aromatic carbocycles. The minimum atomic E-state index is -0.447. The number of nitro groups is 1. The van der Waals surface area contributed by atoms with Crippen molar-refractivity contribution in [3.05, 3.63) is 33.1 Å². The molecular formula is C13H14N4O3S. The molecule has 7 nitrogen and oxygen atoms in total. The highest BCUT2D eigenvalue weighted by Crippen LogP contribution is 2.42. The van der Waals surface area contributed by atoms with E-state index in [9.17, 15) is 10.1 Å². The zero-order chi connectivity index (χ0) is 15.0. The Labute approximate surface area is 125 Å².